The van der Waals surface area contributed by atoms with Crippen LogP contribution in [0.25, 0.3) is 0 Å². The summed E-state index contributed by atoms with van der Waals surface area (Å²) < 4.78 is 196. The Morgan fingerprint density at radius 3 is 1.31 bits per heavy atom. The van der Waals surface area contributed by atoms with E-state index in [-0.39, 0.29) is 21.3 Å². The Morgan fingerprint density at radius 2 is 1.12 bits per heavy atom. The summed E-state index contributed by atoms with van der Waals surface area (Å²) in [5.41, 5.74) is -4.01. The Hall–Kier alpha value is -1.08. The molecule has 0 spiro atoms. The molecule has 0 aromatic heterocycles. The standard InChI is InChI=1S/C8H9F9O.C4H6F4O4S.CH4/c1-4(2,9)6(12,13)7(14,5(3,10)11)18-8(15,16)17;1-2-12-3(5,6)4(7,8)13(9,10)11;/h1-3H3;2H2,1H3,(H,9,10,11);1H4/p-1. The monoisotopic (exact) mass is 533 g/mol. The predicted octanol–water partition coefficient (Wildman–Crippen LogP) is 5.62. The molecule has 0 aliphatic carbocycles. The lowest BCUT2D eigenvalue weighted by Gasteiger charge is -2.41. The lowest BCUT2D eigenvalue weighted by atomic mass is 9.91. The predicted molar refractivity (Wildman–Crippen MR) is 79.7 cm³/mol. The molecule has 0 rings (SSSR count). The summed E-state index contributed by atoms with van der Waals surface area (Å²) in [6.07, 6.45) is -11.4. The number of hydrogen-bond donors (Lipinski definition) is 0. The zero-order valence-electron chi connectivity index (χ0n) is 15.6. The van der Waals surface area contributed by atoms with Crippen molar-refractivity contribution < 1.29 is 79.5 Å². The quantitative estimate of drug-likeness (QED) is 0.299. The van der Waals surface area contributed by atoms with E-state index in [4.69, 9.17) is 0 Å². The molecule has 32 heavy (non-hydrogen) atoms. The number of ether oxygens (including phenoxy) is 2. The van der Waals surface area contributed by atoms with Gasteiger partial charge in [0, 0.05) is 6.92 Å². The molecule has 0 bridgehead atoms. The summed E-state index contributed by atoms with van der Waals surface area (Å²) in [5.74, 6) is -16.9. The molecule has 0 aromatic carbocycles. The number of hydrogen-bond acceptors (Lipinski definition) is 5. The van der Waals surface area contributed by atoms with E-state index < -0.39 is 64.7 Å². The molecule has 0 saturated heterocycles. The van der Waals surface area contributed by atoms with Crippen LogP contribution in [0.3, 0.4) is 0 Å². The van der Waals surface area contributed by atoms with Crippen LogP contribution in [0, 0.1) is 0 Å². The Morgan fingerprint density at radius 1 is 0.781 bits per heavy atom. The lowest BCUT2D eigenvalue weighted by molar-refractivity contribution is -0.475. The first-order chi connectivity index (χ1) is 13.0. The number of rotatable bonds is 8. The molecule has 0 saturated carbocycles. The van der Waals surface area contributed by atoms with Crippen molar-refractivity contribution >= 4 is 10.1 Å². The third-order valence-electron chi connectivity index (χ3n) is 2.95. The maximum Gasteiger partial charge on any atom is 0.525 e. The van der Waals surface area contributed by atoms with Crippen molar-refractivity contribution in [2.75, 3.05) is 6.61 Å². The minimum absolute atomic E-state index is 0. The average Bonchev–Trinajstić information content (AvgIpc) is 2.41. The molecule has 198 valence electrons. The minimum Gasteiger partial charge on any atom is -0.743 e. The van der Waals surface area contributed by atoms with Gasteiger partial charge in [0.05, 0.1) is 6.61 Å². The van der Waals surface area contributed by atoms with Crippen molar-refractivity contribution in [3.05, 3.63) is 0 Å². The summed E-state index contributed by atoms with van der Waals surface area (Å²) in [6, 6.07) is 0. The van der Waals surface area contributed by atoms with Crippen molar-refractivity contribution in [3.8, 4) is 0 Å². The largest absolute Gasteiger partial charge is 0.743 e. The van der Waals surface area contributed by atoms with Gasteiger partial charge in [-0.3, -0.25) is 0 Å². The normalized spacial score (nSPS) is 16.4. The number of halogens is 13. The Labute approximate surface area is 173 Å². The van der Waals surface area contributed by atoms with E-state index in [1.54, 1.807) is 0 Å². The first kappa shape index (κ1) is 35.5. The molecule has 0 radical (unpaired) electrons. The van der Waals surface area contributed by atoms with Gasteiger partial charge in [0.2, 0.25) is 0 Å². The maximum atomic E-state index is 13.4. The smallest absolute Gasteiger partial charge is 0.525 e. The van der Waals surface area contributed by atoms with Crippen LogP contribution in [0.4, 0.5) is 57.1 Å². The molecule has 0 heterocycles. The molecule has 0 N–H and O–H groups in total. The van der Waals surface area contributed by atoms with Crippen LogP contribution in [0.5, 0.6) is 0 Å². The van der Waals surface area contributed by atoms with Gasteiger partial charge in [0.1, 0.15) is 0 Å². The molecule has 0 aliphatic heterocycles. The van der Waals surface area contributed by atoms with E-state index in [2.05, 4.69) is 9.47 Å². The summed E-state index contributed by atoms with van der Waals surface area (Å²) in [5, 5.41) is -5.75. The highest BCUT2D eigenvalue weighted by Gasteiger charge is 2.77. The molecule has 5 nitrogen and oxygen atoms in total. The zero-order chi connectivity index (χ0) is 26.1. The van der Waals surface area contributed by atoms with E-state index in [0.29, 0.717) is 0 Å². The highest BCUT2D eigenvalue weighted by molar-refractivity contribution is 7.86. The summed E-state index contributed by atoms with van der Waals surface area (Å²) in [6.45, 7) is -0.572. The van der Waals surface area contributed by atoms with Gasteiger partial charge < -0.3 is 9.29 Å². The highest BCUT2D eigenvalue weighted by Crippen LogP contribution is 2.53. The van der Waals surface area contributed by atoms with E-state index >= 15 is 0 Å². The topological polar surface area (TPSA) is 75.7 Å². The van der Waals surface area contributed by atoms with Gasteiger partial charge in [-0.25, -0.2) is 26.3 Å². The van der Waals surface area contributed by atoms with Crippen LogP contribution >= 0.6 is 0 Å². The molecule has 0 amide bonds. The fourth-order valence-electron chi connectivity index (χ4n) is 1.38. The molecular weight excluding hydrogens is 515 g/mol. The molecule has 0 aromatic rings. The van der Waals surface area contributed by atoms with Gasteiger partial charge in [0.25, 0.3) is 0 Å². The minimum atomic E-state index is -6.44. The third-order valence-corrected chi connectivity index (χ3v) is 3.82. The van der Waals surface area contributed by atoms with Crippen LogP contribution in [-0.2, 0) is 19.6 Å². The second-order valence-corrected chi connectivity index (χ2v) is 7.42. The van der Waals surface area contributed by atoms with Crippen LogP contribution in [0.1, 0.15) is 35.1 Å². The van der Waals surface area contributed by atoms with Gasteiger partial charge in [-0.1, -0.05) is 7.43 Å². The molecule has 19 heteroatoms. The fourth-order valence-corrected chi connectivity index (χ4v) is 1.73. The van der Waals surface area contributed by atoms with E-state index in [9.17, 15) is 70.0 Å². The first-order valence-corrected chi connectivity index (χ1v) is 8.68. The van der Waals surface area contributed by atoms with Gasteiger partial charge >= 0.3 is 35.4 Å². The second-order valence-electron chi connectivity index (χ2n) is 6.00. The summed E-state index contributed by atoms with van der Waals surface area (Å²) in [7, 11) is -6.44. The Kier molecular flexibility index (Phi) is 11.1. The second kappa shape index (κ2) is 10.0. The summed E-state index contributed by atoms with van der Waals surface area (Å²) >= 11 is 0. The first-order valence-electron chi connectivity index (χ1n) is 7.27. The van der Waals surface area contributed by atoms with Crippen LogP contribution in [0.15, 0.2) is 0 Å². The molecule has 0 fully saturated rings. The van der Waals surface area contributed by atoms with Crippen molar-refractivity contribution in [3.63, 3.8) is 0 Å². The van der Waals surface area contributed by atoms with Crippen molar-refractivity contribution in [2.45, 2.75) is 76.2 Å². The molecule has 1 atom stereocenters. The van der Waals surface area contributed by atoms with Gasteiger partial charge in [0.15, 0.2) is 15.8 Å². The fraction of sp³-hybridized carbons (Fsp3) is 1.00. The summed E-state index contributed by atoms with van der Waals surface area (Å²) in [4.78, 5) is 0. The van der Waals surface area contributed by atoms with Crippen LogP contribution < -0.4 is 0 Å². The van der Waals surface area contributed by atoms with Gasteiger partial charge in [-0.05, 0) is 20.8 Å². The highest BCUT2D eigenvalue weighted by atomic mass is 32.2. The third kappa shape index (κ3) is 7.75. The maximum absolute atomic E-state index is 13.4. The van der Waals surface area contributed by atoms with E-state index in [1.807, 2.05) is 0 Å². The van der Waals surface area contributed by atoms with E-state index in [1.165, 1.54) is 0 Å². The van der Waals surface area contributed by atoms with Crippen LogP contribution in [0.2, 0.25) is 0 Å². The number of alkyl halides is 13. The SMILES string of the molecule is C.CC(C)(F)C(F)(F)C(F)(OC(F)(F)F)C(C)(F)F.CCOC(F)(F)C(F)(F)S(=O)(=O)[O-]. The Balaban J connectivity index is -0.000000535. The van der Waals surface area contributed by atoms with Crippen molar-refractivity contribution in [1.82, 2.24) is 0 Å². The van der Waals surface area contributed by atoms with Crippen LogP contribution in [-0.4, -0.2) is 60.7 Å². The average molecular weight is 533 g/mol. The Bertz CT molecular complexity index is 694. The van der Waals surface area contributed by atoms with Gasteiger partial charge in [-0.15, -0.1) is 13.2 Å². The molecular formula is C13H18F13O5S-. The van der Waals surface area contributed by atoms with Gasteiger partial charge in [-0.2, -0.15) is 30.7 Å². The van der Waals surface area contributed by atoms with E-state index in [0.717, 1.165) is 6.92 Å². The lowest BCUT2D eigenvalue weighted by Crippen LogP contribution is -2.66. The van der Waals surface area contributed by atoms with Crippen molar-refractivity contribution in [2.24, 2.45) is 0 Å². The molecule has 0 aliphatic rings. The molecule has 1 unspecified atom stereocenters. The zero-order valence-corrected chi connectivity index (χ0v) is 16.4. The van der Waals surface area contributed by atoms with Crippen molar-refractivity contribution in [1.29, 1.82) is 0 Å².